The van der Waals surface area contributed by atoms with E-state index in [1.165, 1.54) is 26.1 Å². The monoisotopic (exact) mass is 310 g/mol. The molecular weight excluding hydrogens is 300 g/mol. The first-order valence-electron chi connectivity index (χ1n) is 5.64. The van der Waals surface area contributed by atoms with Crippen molar-refractivity contribution in [1.29, 1.82) is 0 Å². The number of nitrogens with zero attached hydrogens (tertiary/aromatic N) is 3. The summed E-state index contributed by atoms with van der Waals surface area (Å²) in [6.45, 7) is 1.52. The van der Waals surface area contributed by atoms with Crippen LogP contribution in [0, 0.1) is 17.0 Å². The average Bonchev–Trinajstić information content (AvgIpc) is 2.92. The largest absolute Gasteiger partial charge is 0.478 e. The van der Waals surface area contributed by atoms with Crippen LogP contribution in [0.25, 0.3) is 0 Å². The number of carboxylic acid groups (broad SMARTS) is 1. The van der Waals surface area contributed by atoms with Gasteiger partial charge in [0.2, 0.25) is 0 Å². The van der Waals surface area contributed by atoms with Gasteiger partial charge in [-0.1, -0.05) is 0 Å². The zero-order valence-electron chi connectivity index (χ0n) is 11.0. The number of anilines is 1. The molecule has 0 spiro atoms. The smallest absolute Gasteiger partial charge is 0.340 e. The van der Waals surface area contributed by atoms with Crippen molar-refractivity contribution in [2.75, 3.05) is 5.32 Å². The van der Waals surface area contributed by atoms with Gasteiger partial charge in [0.25, 0.3) is 5.91 Å². The lowest BCUT2D eigenvalue weighted by atomic mass is 10.2. The van der Waals surface area contributed by atoms with Gasteiger partial charge in [0.05, 0.1) is 12.7 Å². The third-order valence-corrected chi connectivity index (χ3v) is 3.67. The standard InChI is InChI=1S/C11H10N4O5S/c1-5-8(11(17)18)10(21-13-5)12-9(16)6-3-4-7(14(6)2)15(19)20/h3-4H,1-2H3,(H,12,16)(H,17,18). The molecule has 0 saturated heterocycles. The first-order valence-corrected chi connectivity index (χ1v) is 6.41. The molecule has 0 aliphatic heterocycles. The maximum Gasteiger partial charge on any atom is 0.340 e. The van der Waals surface area contributed by atoms with Gasteiger partial charge < -0.3 is 20.5 Å². The molecule has 0 saturated carbocycles. The minimum Gasteiger partial charge on any atom is -0.478 e. The number of rotatable bonds is 4. The summed E-state index contributed by atoms with van der Waals surface area (Å²) in [6.07, 6.45) is 0. The Bertz CT molecular complexity index is 748. The van der Waals surface area contributed by atoms with Crippen LogP contribution in [0.5, 0.6) is 0 Å². The Morgan fingerprint density at radius 1 is 1.48 bits per heavy atom. The van der Waals surface area contributed by atoms with Gasteiger partial charge in [-0.2, -0.15) is 4.37 Å². The molecular formula is C11H10N4O5S. The highest BCUT2D eigenvalue weighted by atomic mass is 32.1. The van der Waals surface area contributed by atoms with Gasteiger partial charge in [-0.25, -0.2) is 9.36 Å². The van der Waals surface area contributed by atoms with Crippen molar-refractivity contribution in [1.82, 2.24) is 8.94 Å². The van der Waals surface area contributed by atoms with E-state index in [1.807, 2.05) is 0 Å². The number of aryl methyl sites for hydroxylation is 1. The van der Waals surface area contributed by atoms with E-state index in [0.717, 1.165) is 16.1 Å². The minimum absolute atomic E-state index is 0.0455. The van der Waals surface area contributed by atoms with Crippen molar-refractivity contribution < 1.29 is 19.6 Å². The topological polar surface area (TPSA) is 127 Å². The molecule has 9 nitrogen and oxygen atoms in total. The van der Waals surface area contributed by atoms with Gasteiger partial charge in [0.15, 0.2) is 5.69 Å². The van der Waals surface area contributed by atoms with Crippen LogP contribution in [-0.4, -0.2) is 30.8 Å². The molecule has 110 valence electrons. The van der Waals surface area contributed by atoms with Crippen LogP contribution in [0.4, 0.5) is 10.8 Å². The molecule has 0 radical (unpaired) electrons. The van der Waals surface area contributed by atoms with Gasteiger partial charge >= 0.3 is 11.8 Å². The van der Waals surface area contributed by atoms with Crippen molar-refractivity contribution in [3.63, 3.8) is 0 Å². The van der Waals surface area contributed by atoms with Crippen molar-refractivity contribution in [3.05, 3.63) is 39.2 Å². The first-order chi connectivity index (χ1) is 9.82. The minimum atomic E-state index is -1.20. The Kier molecular flexibility index (Phi) is 3.72. The van der Waals surface area contributed by atoms with E-state index in [9.17, 15) is 19.7 Å². The lowest BCUT2D eigenvalue weighted by molar-refractivity contribution is -0.391. The van der Waals surface area contributed by atoms with E-state index in [0.29, 0.717) is 5.69 Å². The molecule has 0 unspecified atom stereocenters. The lowest BCUT2D eigenvalue weighted by Gasteiger charge is -2.03. The normalized spacial score (nSPS) is 10.4. The summed E-state index contributed by atoms with van der Waals surface area (Å²) in [6, 6.07) is 2.49. The number of hydrogen-bond acceptors (Lipinski definition) is 6. The molecule has 0 bridgehead atoms. The van der Waals surface area contributed by atoms with Crippen molar-refractivity contribution in [2.24, 2.45) is 7.05 Å². The maximum absolute atomic E-state index is 12.1. The van der Waals surface area contributed by atoms with Crippen LogP contribution in [0.3, 0.4) is 0 Å². The molecule has 21 heavy (non-hydrogen) atoms. The average molecular weight is 310 g/mol. The number of carboxylic acids is 1. The van der Waals surface area contributed by atoms with E-state index in [-0.39, 0.29) is 22.1 Å². The molecule has 2 N–H and O–H groups in total. The highest BCUT2D eigenvalue weighted by Gasteiger charge is 2.24. The summed E-state index contributed by atoms with van der Waals surface area (Å²) in [4.78, 5) is 33.3. The second-order valence-corrected chi connectivity index (χ2v) is 4.90. The summed E-state index contributed by atoms with van der Waals surface area (Å²) in [5.74, 6) is -2.08. The third-order valence-electron chi connectivity index (χ3n) is 2.82. The lowest BCUT2D eigenvalue weighted by Crippen LogP contribution is -2.17. The quantitative estimate of drug-likeness (QED) is 0.652. The van der Waals surface area contributed by atoms with Crippen LogP contribution in [0.1, 0.15) is 26.5 Å². The Balaban J connectivity index is 2.31. The number of aromatic carboxylic acids is 1. The zero-order chi connectivity index (χ0) is 15.7. The Labute approximate surface area is 122 Å². The molecule has 1 amide bonds. The number of carbonyl (C=O) groups is 2. The molecule has 2 aromatic heterocycles. The van der Waals surface area contributed by atoms with Crippen LogP contribution < -0.4 is 5.32 Å². The van der Waals surface area contributed by atoms with Crippen molar-refractivity contribution in [3.8, 4) is 0 Å². The summed E-state index contributed by atoms with van der Waals surface area (Å²) in [5.41, 5.74) is 0.252. The Morgan fingerprint density at radius 2 is 2.14 bits per heavy atom. The van der Waals surface area contributed by atoms with E-state index in [4.69, 9.17) is 5.11 Å². The van der Waals surface area contributed by atoms with Gasteiger partial charge in [0, 0.05) is 6.07 Å². The van der Waals surface area contributed by atoms with E-state index in [1.54, 1.807) is 0 Å². The van der Waals surface area contributed by atoms with Gasteiger partial charge in [-0.3, -0.25) is 4.79 Å². The number of amides is 1. The molecule has 10 heteroatoms. The molecule has 0 atom stereocenters. The van der Waals surface area contributed by atoms with Crippen molar-refractivity contribution >= 4 is 34.2 Å². The summed E-state index contributed by atoms with van der Waals surface area (Å²) in [7, 11) is 1.38. The third kappa shape index (κ3) is 2.60. The van der Waals surface area contributed by atoms with Gasteiger partial charge in [-0.15, -0.1) is 0 Å². The number of aromatic nitrogens is 2. The first kappa shape index (κ1) is 14.7. The predicted octanol–water partition coefficient (Wildman–Crippen LogP) is 1.65. The molecule has 2 heterocycles. The number of nitrogens with one attached hydrogen (secondary N) is 1. The van der Waals surface area contributed by atoms with Gasteiger partial charge in [-0.05, 0) is 29.4 Å². The van der Waals surface area contributed by atoms with E-state index in [2.05, 4.69) is 9.69 Å². The molecule has 2 rings (SSSR count). The van der Waals surface area contributed by atoms with Gasteiger partial charge in [0.1, 0.15) is 10.6 Å². The second kappa shape index (κ2) is 5.32. The fourth-order valence-corrected chi connectivity index (χ4v) is 2.57. The Hall–Kier alpha value is -2.75. The number of hydrogen-bond donors (Lipinski definition) is 2. The molecule has 0 aliphatic carbocycles. The zero-order valence-corrected chi connectivity index (χ0v) is 11.8. The number of carbonyl (C=O) groups excluding carboxylic acids is 1. The molecule has 0 aliphatic rings. The summed E-state index contributed by atoms with van der Waals surface area (Å²) >= 11 is 0.841. The fourth-order valence-electron chi connectivity index (χ4n) is 1.79. The number of nitro groups is 1. The Morgan fingerprint density at radius 3 is 2.67 bits per heavy atom. The molecule has 0 aromatic carbocycles. The maximum atomic E-state index is 12.1. The van der Waals surface area contributed by atoms with Crippen LogP contribution in [0.2, 0.25) is 0 Å². The highest BCUT2D eigenvalue weighted by molar-refractivity contribution is 7.11. The van der Waals surface area contributed by atoms with Crippen LogP contribution >= 0.6 is 11.5 Å². The second-order valence-electron chi connectivity index (χ2n) is 4.12. The molecule has 0 fully saturated rings. The van der Waals surface area contributed by atoms with E-state index >= 15 is 0 Å². The predicted molar refractivity (Wildman–Crippen MR) is 73.8 cm³/mol. The SMILES string of the molecule is Cc1nsc(NC(=O)c2ccc([N+](=O)[O-])n2C)c1C(=O)O. The van der Waals surface area contributed by atoms with Crippen LogP contribution in [-0.2, 0) is 7.05 Å². The summed E-state index contributed by atoms with van der Waals surface area (Å²) < 4.78 is 4.99. The van der Waals surface area contributed by atoms with Crippen LogP contribution in [0.15, 0.2) is 12.1 Å². The fraction of sp³-hybridized carbons (Fsp3) is 0.182. The van der Waals surface area contributed by atoms with E-state index < -0.39 is 16.8 Å². The molecule has 2 aromatic rings. The summed E-state index contributed by atoms with van der Waals surface area (Å²) in [5, 5.41) is 22.3. The highest BCUT2D eigenvalue weighted by Crippen LogP contribution is 2.25. The van der Waals surface area contributed by atoms with Crippen molar-refractivity contribution in [2.45, 2.75) is 6.92 Å².